The molecule has 16 heavy (non-hydrogen) atoms. The fourth-order valence-electron chi connectivity index (χ4n) is 2.19. The van der Waals surface area contributed by atoms with Gasteiger partial charge in [-0.15, -0.1) is 11.3 Å². The lowest BCUT2D eigenvalue weighted by Gasteiger charge is -2.15. The topological polar surface area (TPSA) is 26.0 Å². The first-order chi connectivity index (χ1) is 7.79. The molecule has 0 spiro atoms. The average molecular weight is 320 g/mol. The zero-order valence-electron chi connectivity index (χ0n) is 9.32. The first-order valence-electron chi connectivity index (χ1n) is 5.85. The molecular formula is C12H18BrNS2. The second-order valence-electron chi connectivity index (χ2n) is 4.38. The van der Waals surface area contributed by atoms with Crippen LogP contribution in [0.4, 0.5) is 0 Å². The Morgan fingerprint density at radius 2 is 2.25 bits per heavy atom. The van der Waals surface area contributed by atoms with Gasteiger partial charge in [-0.2, -0.15) is 11.8 Å². The van der Waals surface area contributed by atoms with Gasteiger partial charge in [0.05, 0.1) is 5.25 Å². The van der Waals surface area contributed by atoms with Gasteiger partial charge in [0.1, 0.15) is 0 Å². The van der Waals surface area contributed by atoms with Crippen LogP contribution in [0, 0.1) is 5.92 Å². The third kappa shape index (κ3) is 3.49. The van der Waals surface area contributed by atoms with E-state index in [0.717, 1.165) is 12.5 Å². The minimum Gasteiger partial charge on any atom is -0.329 e. The molecule has 0 amide bonds. The van der Waals surface area contributed by atoms with Crippen LogP contribution < -0.4 is 5.73 Å². The smallest absolute Gasteiger partial charge is 0.0513 e. The molecule has 1 nitrogen and oxygen atoms in total. The second kappa shape index (κ2) is 6.43. The molecule has 2 rings (SSSR count). The highest BCUT2D eigenvalue weighted by Crippen LogP contribution is 2.37. The lowest BCUT2D eigenvalue weighted by Crippen LogP contribution is -2.10. The van der Waals surface area contributed by atoms with Crippen molar-refractivity contribution in [2.75, 3.05) is 12.3 Å². The van der Waals surface area contributed by atoms with E-state index in [-0.39, 0.29) is 0 Å². The summed E-state index contributed by atoms with van der Waals surface area (Å²) in [5, 5.41) is 2.64. The Kier molecular flexibility index (Phi) is 5.20. The van der Waals surface area contributed by atoms with E-state index in [1.807, 2.05) is 23.1 Å². The highest BCUT2D eigenvalue weighted by Gasteiger charge is 2.18. The van der Waals surface area contributed by atoms with Gasteiger partial charge in [0, 0.05) is 21.3 Å². The predicted octanol–water partition coefficient (Wildman–Crippen LogP) is 4.43. The van der Waals surface area contributed by atoms with Crippen LogP contribution in [0.2, 0.25) is 0 Å². The molecule has 0 aliphatic heterocycles. The Hall–Kier alpha value is 0.490. The molecule has 0 aromatic carbocycles. The summed E-state index contributed by atoms with van der Waals surface area (Å²) in [4.78, 5) is 1.41. The van der Waals surface area contributed by atoms with Gasteiger partial charge < -0.3 is 5.73 Å². The number of rotatable bonds is 5. The van der Waals surface area contributed by atoms with E-state index in [1.54, 1.807) is 0 Å². The molecule has 1 aromatic rings. The summed E-state index contributed by atoms with van der Waals surface area (Å²) in [6.45, 7) is 0.754. The minimum absolute atomic E-state index is 0.497. The SMILES string of the molecule is NCC(SCC1CCCC1)c1cc(Br)cs1. The monoisotopic (exact) mass is 319 g/mol. The quantitative estimate of drug-likeness (QED) is 0.868. The Bertz CT molecular complexity index is 321. The van der Waals surface area contributed by atoms with Crippen LogP contribution in [0.1, 0.15) is 35.8 Å². The summed E-state index contributed by atoms with van der Waals surface area (Å²) in [7, 11) is 0. The first-order valence-corrected chi connectivity index (χ1v) is 8.57. The summed E-state index contributed by atoms with van der Waals surface area (Å²) in [6, 6.07) is 2.21. The van der Waals surface area contributed by atoms with Crippen LogP contribution in [0.5, 0.6) is 0 Å². The maximum atomic E-state index is 5.87. The van der Waals surface area contributed by atoms with Crippen LogP contribution in [0.25, 0.3) is 0 Å². The summed E-state index contributed by atoms with van der Waals surface area (Å²) in [5.41, 5.74) is 5.87. The predicted molar refractivity (Wildman–Crippen MR) is 78.2 cm³/mol. The molecule has 1 atom stereocenters. The molecular weight excluding hydrogens is 302 g/mol. The van der Waals surface area contributed by atoms with Gasteiger partial charge in [-0.1, -0.05) is 12.8 Å². The fourth-order valence-corrected chi connectivity index (χ4v) is 5.21. The minimum atomic E-state index is 0.497. The van der Waals surface area contributed by atoms with Crippen molar-refractivity contribution in [2.45, 2.75) is 30.9 Å². The van der Waals surface area contributed by atoms with Crippen molar-refractivity contribution in [3.63, 3.8) is 0 Å². The van der Waals surface area contributed by atoms with Gasteiger partial charge in [0.2, 0.25) is 0 Å². The molecule has 0 radical (unpaired) electrons. The highest BCUT2D eigenvalue weighted by molar-refractivity contribution is 9.10. The Morgan fingerprint density at radius 1 is 1.50 bits per heavy atom. The Balaban J connectivity index is 1.85. The zero-order valence-corrected chi connectivity index (χ0v) is 12.5. The normalized spacial score (nSPS) is 19.1. The second-order valence-corrected chi connectivity index (χ2v) is 7.47. The van der Waals surface area contributed by atoms with Crippen molar-refractivity contribution < 1.29 is 0 Å². The van der Waals surface area contributed by atoms with Crippen molar-refractivity contribution in [3.8, 4) is 0 Å². The van der Waals surface area contributed by atoms with E-state index in [4.69, 9.17) is 5.73 Å². The number of thioether (sulfide) groups is 1. The lowest BCUT2D eigenvalue weighted by molar-refractivity contribution is 0.622. The largest absolute Gasteiger partial charge is 0.329 e. The molecule has 1 heterocycles. The maximum absolute atomic E-state index is 5.87. The zero-order chi connectivity index (χ0) is 11.4. The van der Waals surface area contributed by atoms with Crippen molar-refractivity contribution in [1.82, 2.24) is 0 Å². The lowest BCUT2D eigenvalue weighted by atomic mass is 10.1. The summed E-state index contributed by atoms with van der Waals surface area (Å²) >= 11 is 7.37. The van der Waals surface area contributed by atoms with Gasteiger partial charge in [0.25, 0.3) is 0 Å². The number of halogens is 1. The maximum Gasteiger partial charge on any atom is 0.0513 e. The summed E-state index contributed by atoms with van der Waals surface area (Å²) in [6.07, 6.45) is 5.73. The number of hydrogen-bond donors (Lipinski definition) is 1. The molecule has 1 saturated carbocycles. The van der Waals surface area contributed by atoms with Gasteiger partial charge >= 0.3 is 0 Å². The van der Waals surface area contributed by atoms with E-state index in [0.29, 0.717) is 5.25 Å². The van der Waals surface area contributed by atoms with Crippen molar-refractivity contribution in [2.24, 2.45) is 11.7 Å². The van der Waals surface area contributed by atoms with Gasteiger partial charge in [0.15, 0.2) is 0 Å². The first kappa shape index (κ1) is 12.9. The van der Waals surface area contributed by atoms with Gasteiger partial charge in [-0.25, -0.2) is 0 Å². The van der Waals surface area contributed by atoms with E-state index in [1.165, 1.54) is 40.8 Å². The third-order valence-corrected chi connectivity index (χ3v) is 6.60. The molecule has 1 unspecified atom stereocenters. The average Bonchev–Trinajstić information content (AvgIpc) is 2.91. The Morgan fingerprint density at radius 3 is 2.81 bits per heavy atom. The van der Waals surface area contributed by atoms with Crippen molar-refractivity contribution in [3.05, 3.63) is 20.8 Å². The van der Waals surface area contributed by atoms with E-state index in [9.17, 15) is 0 Å². The standard InChI is InChI=1S/C12H18BrNS2/c13-10-5-11(16-8-10)12(6-14)15-7-9-3-1-2-4-9/h5,8-9,12H,1-4,6-7,14H2. The van der Waals surface area contributed by atoms with Crippen LogP contribution in [0.15, 0.2) is 15.9 Å². The third-order valence-electron chi connectivity index (χ3n) is 3.13. The summed E-state index contributed by atoms with van der Waals surface area (Å²) in [5.74, 6) is 2.24. The molecule has 4 heteroatoms. The van der Waals surface area contributed by atoms with Crippen molar-refractivity contribution in [1.29, 1.82) is 0 Å². The summed E-state index contributed by atoms with van der Waals surface area (Å²) < 4.78 is 1.19. The van der Waals surface area contributed by atoms with Crippen LogP contribution in [0.3, 0.4) is 0 Å². The van der Waals surface area contributed by atoms with Gasteiger partial charge in [-0.05, 0) is 46.5 Å². The Labute approximate surface area is 114 Å². The molecule has 2 N–H and O–H groups in total. The molecule has 90 valence electrons. The number of nitrogens with two attached hydrogens (primary N) is 1. The number of hydrogen-bond acceptors (Lipinski definition) is 3. The van der Waals surface area contributed by atoms with E-state index >= 15 is 0 Å². The van der Waals surface area contributed by atoms with Crippen LogP contribution in [-0.4, -0.2) is 12.3 Å². The van der Waals surface area contributed by atoms with Gasteiger partial charge in [-0.3, -0.25) is 0 Å². The molecule has 0 bridgehead atoms. The van der Waals surface area contributed by atoms with E-state index < -0.39 is 0 Å². The fraction of sp³-hybridized carbons (Fsp3) is 0.667. The molecule has 1 aliphatic rings. The highest BCUT2D eigenvalue weighted by atomic mass is 79.9. The van der Waals surface area contributed by atoms with Crippen LogP contribution in [-0.2, 0) is 0 Å². The van der Waals surface area contributed by atoms with E-state index in [2.05, 4.69) is 27.4 Å². The van der Waals surface area contributed by atoms with Crippen molar-refractivity contribution >= 4 is 39.0 Å². The van der Waals surface area contributed by atoms with Crippen LogP contribution >= 0.6 is 39.0 Å². The number of thiophene rings is 1. The molecule has 0 saturated heterocycles. The molecule has 1 aliphatic carbocycles. The molecule has 1 aromatic heterocycles. The molecule has 1 fully saturated rings.